The summed E-state index contributed by atoms with van der Waals surface area (Å²) in [6, 6.07) is 0. The van der Waals surface area contributed by atoms with Crippen molar-refractivity contribution in [3.05, 3.63) is 53.3 Å². The van der Waals surface area contributed by atoms with Crippen LogP contribution in [0.3, 0.4) is 0 Å². The Morgan fingerprint density at radius 1 is 1.32 bits per heavy atom. The van der Waals surface area contributed by atoms with Crippen molar-refractivity contribution in [3.8, 4) is 0 Å². The third kappa shape index (κ3) is 2.03. The molecule has 0 saturated heterocycles. The summed E-state index contributed by atoms with van der Waals surface area (Å²) in [5, 5.41) is 4.74. The van der Waals surface area contributed by atoms with Crippen molar-refractivity contribution in [2.45, 2.75) is 13.8 Å². The second kappa shape index (κ2) is 4.05. The molecule has 5 nitrogen and oxygen atoms in total. The Kier molecular flexibility index (Phi) is 2.48. The third-order valence-corrected chi connectivity index (χ3v) is 3.09. The van der Waals surface area contributed by atoms with E-state index in [9.17, 15) is 4.79 Å². The lowest BCUT2D eigenvalue weighted by Gasteiger charge is -2.12. The summed E-state index contributed by atoms with van der Waals surface area (Å²) in [7, 11) is 0. The predicted molar refractivity (Wildman–Crippen MR) is 74.5 cm³/mol. The number of aromatic nitrogens is 4. The second-order valence-electron chi connectivity index (χ2n) is 5.13. The molecule has 96 valence electrons. The van der Waals surface area contributed by atoms with Crippen molar-refractivity contribution in [1.82, 2.24) is 19.7 Å². The normalized spacial score (nSPS) is 17.5. The largest absolute Gasteiger partial charge is 0.312 e. The fraction of sp³-hybridized carbons (Fsp3) is 0.214. The zero-order chi connectivity index (χ0) is 13.5. The van der Waals surface area contributed by atoms with E-state index in [1.54, 1.807) is 4.68 Å². The smallest absolute Gasteiger partial charge is 0.261 e. The molecule has 1 aliphatic carbocycles. The van der Waals surface area contributed by atoms with Gasteiger partial charge in [-0.05, 0) is 12.2 Å². The van der Waals surface area contributed by atoms with Crippen molar-refractivity contribution in [2.24, 2.45) is 5.41 Å². The van der Waals surface area contributed by atoms with Crippen LogP contribution in [0.1, 0.15) is 13.8 Å². The van der Waals surface area contributed by atoms with Crippen LogP contribution in [0.4, 0.5) is 0 Å². The standard InChI is InChI=1S/C14H14N4O/c1-14(2)6-3-4-10(5-7-14)18-12-11(8-17-18)13(19)16-9-15-12/h3-9H,1-2H3,(H,15,16,19). The SMILES string of the molecule is CC1(C)C=CC=C(n2ncc3c(=O)[nH]cnc32)C=C1. The minimum absolute atomic E-state index is 0.00606. The Labute approximate surface area is 110 Å². The monoisotopic (exact) mass is 254 g/mol. The van der Waals surface area contributed by atoms with E-state index >= 15 is 0 Å². The van der Waals surface area contributed by atoms with Gasteiger partial charge in [-0.1, -0.05) is 32.1 Å². The Balaban J connectivity index is 2.16. The number of H-pyrrole nitrogens is 1. The highest BCUT2D eigenvalue weighted by molar-refractivity contribution is 5.78. The molecule has 19 heavy (non-hydrogen) atoms. The summed E-state index contributed by atoms with van der Waals surface area (Å²) < 4.78 is 1.67. The first-order chi connectivity index (χ1) is 9.07. The highest BCUT2D eigenvalue weighted by Gasteiger charge is 2.13. The van der Waals surface area contributed by atoms with Crippen LogP contribution in [-0.4, -0.2) is 19.7 Å². The average Bonchev–Trinajstić information content (AvgIpc) is 2.71. The van der Waals surface area contributed by atoms with Gasteiger partial charge in [-0.25, -0.2) is 9.67 Å². The Bertz CT molecular complexity index is 774. The molecule has 0 aromatic carbocycles. The van der Waals surface area contributed by atoms with Crippen molar-refractivity contribution in [1.29, 1.82) is 0 Å². The molecule has 1 aliphatic rings. The summed E-state index contributed by atoms with van der Waals surface area (Å²) in [6.45, 7) is 4.25. The lowest BCUT2D eigenvalue weighted by Crippen LogP contribution is -2.06. The molecule has 2 heterocycles. The Morgan fingerprint density at radius 3 is 3.00 bits per heavy atom. The zero-order valence-corrected chi connectivity index (χ0v) is 10.8. The average molecular weight is 254 g/mol. The lowest BCUT2D eigenvalue weighted by atomic mass is 9.93. The molecule has 2 aromatic heterocycles. The predicted octanol–water partition coefficient (Wildman–Crippen LogP) is 2.11. The first kappa shape index (κ1) is 11.6. The number of fused-ring (bicyclic) bond motifs is 1. The number of aromatic amines is 1. The number of nitrogens with zero attached hydrogens (tertiary/aromatic N) is 3. The molecule has 0 spiro atoms. The lowest BCUT2D eigenvalue weighted by molar-refractivity contribution is 0.627. The van der Waals surface area contributed by atoms with Gasteiger partial charge in [-0.2, -0.15) is 5.10 Å². The van der Waals surface area contributed by atoms with E-state index in [0.29, 0.717) is 11.0 Å². The molecule has 5 heteroatoms. The van der Waals surface area contributed by atoms with E-state index in [4.69, 9.17) is 0 Å². The molecule has 0 amide bonds. The third-order valence-electron chi connectivity index (χ3n) is 3.09. The maximum atomic E-state index is 11.6. The summed E-state index contributed by atoms with van der Waals surface area (Å²) in [5.41, 5.74) is 1.28. The Morgan fingerprint density at radius 2 is 2.16 bits per heavy atom. The summed E-state index contributed by atoms with van der Waals surface area (Å²) in [6.07, 6.45) is 13.1. The van der Waals surface area contributed by atoms with Gasteiger partial charge in [0.05, 0.1) is 18.2 Å². The fourth-order valence-electron chi connectivity index (χ4n) is 1.99. The summed E-state index contributed by atoms with van der Waals surface area (Å²) >= 11 is 0. The van der Waals surface area contributed by atoms with Crippen LogP contribution >= 0.6 is 0 Å². The van der Waals surface area contributed by atoms with Gasteiger partial charge >= 0.3 is 0 Å². The van der Waals surface area contributed by atoms with Gasteiger partial charge in [0.1, 0.15) is 5.39 Å². The minimum Gasteiger partial charge on any atom is -0.312 e. The van der Waals surface area contributed by atoms with Crippen LogP contribution in [0.2, 0.25) is 0 Å². The minimum atomic E-state index is -0.176. The molecule has 0 fully saturated rings. The van der Waals surface area contributed by atoms with Crippen LogP contribution in [0.15, 0.2) is 47.7 Å². The molecular formula is C14H14N4O. The summed E-state index contributed by atoms with van der Waals surface area (Å²) in [5.74, 6) is 0. The van der Waals surface area contributed by atoms with Gasteiger partial charge in [0.15, 0.2) is 5.65 Å². The highest BCUT2D eigenvalue weighted by Crippen LogP contribution is 2.24. The molecule has 3 rings (SSSR count). The maximum absolute atomic E-state index is 11.6. The molecule has 0 radical (unpaired) electrons. The van der Waals surface area contributed by atoms with E-state index in [1.807, 2.05) is 18.2 Å². The second-order valence-corrected chi connectivity index (χ2v) is 5.13. The van der Waals surface area contributed by atoms with Crippen molar-refractivity contribution >= 4 is 16.7 Å². The van der Waals surface area contributed by atoms with Crippen LogP contribution in [-0.2, 0) is 0 Å². The number of nitrogens with one attached hydrogen (secondary N) is 1. The van der Waals surface area contributed by atoms with E-state index < -0.39 is 0 Å². The topological polar surface area (TPSA) is 63.6 Å². The molecule has 0 atom stereocenters. The van der Waals surface area contributed by atoms with Crippen LogP contribution in [0.25, 0.3) is 16.7 Å². The van der Waals surface area contributed by atoms with Gasteiger partial charge in [0.25, 0.3) is 5.56 Å². The molecule has 0 aliphatic heterocycles. The first-order valence-corrected chi connectivity index (χ1v) is 6.07. The molecule has 0 unspecified atom stereocenters. The van der Waals surface area contributed by atoms with E-state index in [0.717, 1.165) is 5.70 Å². The van der Waals surface area contributed by atoms with Crippen LogP contribution in [0, 0.1) is 5.41 Å². The molecule has 0 bridgehead atoms. The van der Waals surface area contributed by atoms with Crippen molar-refractivity contribution in [3.63, 3.8) is 0 Å². The molecule has 0 saturated carbocycles. The van der Waals surface area contributed by atoms with E-state index in [-0.39, 0.29) is 11.0 Å². The Hall–Kier alpha value is -2.43. The molecular weight excluding hydrogens is 240 g/mol. The molecule has 2 aromatic rings. The van der Waals surface area contributed by atoms with E-state index in [2.05, 4.69) is 41.1 Å². The van der Waals surface area contributed by atoms with Crippen molar-refractivity contribution in [2.75, 3.05) is 0 Å². The first-order valence-electron chi connectivity index (χ1n) is 6.07. The fourth-order valence-corrected chi connectivity index (χ4v) is 1.99. The number of allylic oxidation sites excluding steroid dienone is 6. The van der Waals surface area contributed by atoms with Gasteiger partial charge < -0.3 is 4.98 Å². The highest BCUT2D eigenvalue weighted by atomic mass is 16.1. The van der Waals surface area contributed by atoms with E-state index in [1.165, 1.54) is 12.5 Å². The molecule has 1 N–H and O–H groups in total. The van der Waals surface area contributed by atoms with Crippen molar-refractivity contribution < 1.29 is 0 Å². The summed E-state index contributed by atoms with van der Waals surface area (Å²) in [4.78, 5) is 18.4. The van der Waals surface area contributed by atoms with Crippen LogP contribution < -0.4 is 5.56 Å². The van der Waals surface area contributed by atoms with Crippen LogP contribution in [0.5, 0.6) is 0 Å². The zero-order valence-electron chi connectivity index (χ0n) is 10.8. The number of hydrogen-bond donors (Lipinski definition) is 1. The number of rotatable bonds is 1. The maximum Gasteiger partial charge on any atom is 0.261 e. The van der Waals surface area contributed by atoms with Gasteiger partial charge in [0.2, 0.25) is 0 Å². The van der Waals surface area contributed by atoms with Gasteiger partial charge in [-0.3, -0.25) is 4.79 Å². The van der Waals surface area contributed by atoms with Gasteiger partial charge in [-0.15, -0.1) is 0 Å². The number of hydrogen-bond acceptors (Lipinski definition) is 3. The quantitative estimate of drug-likeness (QED) is 0.847. The van der Waals surface area contributed by atoms with Gasteiger partial charge in [0, 0.05) is 5.41 Å².